The number of fused-ring (bicyclic) bond motifs is 7. The van der Waals surface area contributed by atoms with Gasteiger partial charge in [-0.2, -0.15) is 0 Å². The van der Waals surface area contributed by atoms with Gasteiger partial charge in [-0.1, -0.05) is 133 Å². The van der Waals surface area contributed by atoms with Crippen LogP contribution in [-0.4, -0.2) is 9.97 Å². The van der Waals surface area contributed by atoms with Crippen molar-refractivity contribution in [2.45, 2.75) is 0 Å². The second-order valence-corrected chi connectivity index (χ2v) is 15.9. The molecule has 0 aliphatic heterocycles. The van der Waals surface area contributed by atoms with Crippen molar-refractivity contribution in [2.24, 2.45) is 0 Å². The second-order valence-electron chi connectivity index (χ2n) is 13.7. The summed E-state index contributed by atoms with van der Waals surface area (Å²) >= 11 is 3.68. The van der Waals surface area contributed by atoms with E-state index < -0.39 is 0 Å². The van der Waals surface area contributed by atoms with Gasteiger partial charge in [-0.15, -0.1) is 22.7 Å². The highest BCUT2D eigenvalue weighted by molar-refractivity contribution is 7.26. The first kappa shape index (κ1) is 31.1. The predicted octanol–water partition coefficient (Wildman–Crippen LogP) is 14.7. The van der Waals surface area contributed by atoms with Crippen molar-refractivity contribution in [3.05, 3.63) is 182 Å². The molecule has 8 aromatic carbocycles. The number of hydrogen-bond acceptors (Lipinski definition) is 4. The van der Waals surface area contributed by atoms with Gasteiger partial charge in [0, 0.05) is 57.0 Å². The molecule has 0 aliphatic carbocycles. The zero-order valence-electron chi connectivity index (χ0n) is 29.0. The van der Waals surface area contributed by atoms with Gasteiger partial charge in [-0.3, -0.25) is 0 Å². The third-order valence-electron chi connectivity index (χ3n) is 10.5. The van der Waals surface area contributed by atoms with E-state index in [0.29, 0.717) is 0 Å². The number of nitrogens with zero attached hydrogens (tertiary/aromatic N) is 2. The monoisotopic (exact) mass is 722 g/mol. The molecule has 54 heavy (non-hydrogen) atoms. The summed E-state index contributed by atoms with van der Waals surface area (Å²) in [6.07, 6.45) is 0. The molecule has 0 N–H and O–H groups in total. The first-order valence-corrected chi connectivity index (χ1v) is 19.8. The predicted molar refractivity (Wildman–Crippen MR) is 232 cm³/mol. The van der Waals surface area contributed by atoms with E-state index in [1.807, 2.05) is 22.7 Å². The lowest BCUT2D eigenvalue weighted by molar-refractivity contribution is 1.19. The average molecular weight is 723 g/mol. The molecule has 0 saturated heterocycles. The number of rotatable bonds is 5. The Balaban J connectivity index is 1.18. The van der Waals surface area contributed by atoms with Crippen molar-refractivity contribution < 1.29 is 0 Å². The molecule has 3 aromatic heterocycles. The summed E-state index contributed by atoms with van der Waals surface area (Å²) in [7, 11) is 0. The van der Waals surface area contributed by atoms with Crippen LogP contribution >= 0.6 is 22.7 Å². The minimum absolute atomic E-state index is 0.729. The van der Waals surface area contributed by atoms with Crippen LogP contribution in [-0.2, 0) is 0 Å². The van der Waals surface area contributed by atoms with Gasteiger partial charge in [0.05, 0.1) is 11.4 Å². The van der Waals surface area contributed by atoms with Gasteiger partial charge in [0.25, 0.3) is 0 Å². The van der Waals surface area contributed by atoms with Gasteiger partial charge >= 0.3 is 0 Å². The molecule has 0 bridgehead atoms. The van der Waals surface area contributed by atoms with Gasteiger partial charge in [0.15, 0.2) is 5.82 Å². The highest BCUT2D eigenvalue weighted by atomic mass is 32.1. The largest absolute Gasteiger partial charge is 0.228 e. The Hall–Kier alpha value is -6.46. The molecule has 0 spiro atoms. The van der Waals surface area contributed by atoms with Crippen LogP contribution in [0, 0.1) is 0 Å². The summed E-state index contributed by atoms with van der Waals surface area (Å²) < 4.78 is 5.07. The lowest BCUT2D eigenvalue weighted by Gasteiger charge is -2.14. The van der Waals surface area contributed by atoms with E-state index >= 15 is 0 Å². The number of hydrogen-bond donors (Lipinski definition) is 0. The highest BCUT2D eigenvalue weighted by Gasteiger charge is 2.18. The van der Waals surface area contributed by atoms with Crippen molar-refractivity contribution in [2.75, 3.05) is 0 Å². The van der Waals surface area contributed by atoms with Crippen molar-refractivity contribution in [3.8, 4) is 56.2 Å². The maximum atomic E-state index is 5.43. The Labute approximate surface area is 320 Å². The fraction of sp³-hybridized carbons (Fsp3) is 0. The molecule has 11 rings (SSSR count). The fourth-order valence-corrected chi connectivity index (χ4v) is 10.3. The van der Waals surface area contributed by atoms with Crippen molar-refractivity contribution in [3.63, 3.8) is 0 Å². The molecule has 0 aliphatic rings. The average Bonchev–Trinajstić information content (AvgIpc) is 3.82. The Morgan fingerprint density at radius 1 is 0.315 bits per heavy atom. The number of thiophene rings is 2. The number of benzene rings is 8. The summed E-state index contributed by atoms with van der Waals surface area (Å²) in [4.78, 5) is 10.7. The second kappa shape index (κ2) is 12.6. The lowest BCUT2D eigenvalue weighted by Crippen LogP contribution is -1.97. The van der Waals surface area contributed by atoms with Crippen LogP contribution in [0.5, 0.6) is 0 Å². The van der Waals surface area contributed by atoms with Crippen LogP contribution < -0.4 is 0 Å². The van der Waals surface area contributed by atoms with Gasteiger partial charge in [-0.05, 0) is 81.6 Å². The van der Waals surface area contributed by atoms with Crippen LogP contribution in [0.2, 0.25) is 0 Å². The standard InChI is InChI=1S/C50H30N2S2/c1-2-13-32(14-3-1)44-30-45(52-50(51-44)43-21-11-20-42-40-17-7-9-23-47(40)54-49(42)43)37-28-35(34-25-24-31-12-4-5-15-33(31)26-34)27-36(29-37)38-18-10-19-41-39-16-6-8-22-46(39)53-48(38)41/h1-30H. The molecule has 0 radical (unpaired) electrons. The molecule has 2 nitrogen and oxygen atoms in total. The minimum Gasteiger partial charge on any atom is -0.228 e. The Morgan fingerprint density at radius 3 is 1.61 bits per heavy atom. The SMILES string of the molecule is c1ccc(-c2cc(-c3cc(-c4ccc5ccccc5c4)cc(-c4cccc5c4sc4ccccc45)c3)nc(-c3cccc4c3sc3ccccc34)n2)cc1. The molecule has 3 heterocycles. The Kier molecular flexibility index (Phi) is 7.25. The number of aromatic nitrogens is 2. The summed E-state index contributed by atoms with van der Waals surface area (Å²) in [5, 5.41) is 7.55. The third kappa shape index (κ3) is 5.22. The van der Waals surface area contributed by atoms with Crippen molar-refractivity contribution >= 4 is 73.8 Å². The molecule has 0 amide bonds. The van der Waals surface area contributed by atoms with Crippen LogP contribution in [0.3, 0.4) is 0 Å². The molecule has 11 aromatic rings. The van der Waals surface area contributed by atoms with Crippen LogP contribution in [0.25, 0.3) is 107 Å². The van der Waals surface area contributed by atoms with Crippen LogP contribution in [0.1, 0.15) is 0 Å². The smallest absolute Gasteiger partial charge is 0.161 e. The maximum Gasteiger partial charge on any atom is 0.161 e. The summed E-state index contributed by atoms with van der Waals surface area (Å²) in [6, 6.07) is 65.6. The quantitative estimate of drug-likeness (QED) is 0.177. The van der Waals surface area contributed by atoms with Gasteiger partial charge in [0.2, 0.25) is 0 Å². The zero-order valence-corrected chi connectivity index (χ0v) is 30.7. The van der Waals surface area contributed by atoms with Crippen LogP contribution in [0.15, 0.2) is 182 Å². The topological polar surface area (TPSA) is 25.8 Å². The summed E-state index contributed by atoms with van der Waals surface area (Å²) in [5.41, 5.74) is 9.68. The fourth-order valence-electron chi connectivity index (χ4n) is 7.84. The lowest BCUT2D eigenvalue weighted by atomic mass is 9.93. The van der Waals surface area contributed by atoms with Gasteiger partial charge < -0.3 is 0 Å². The van der Waals surface area contributed by atoms with Gasteiger partial charge in [0.1, 0.15) is 0 Å². The van der Waals surface area contributed by atoms with Crippen LogP contribution in [0.4, 0.5) is 0 Å². The molecule has 0 atom stereocenters. The molecule has 252 valence electrons. The molecule has 0 fully saturated rings. The molecule has 4 heteroatoms. The first-order chi connectivity index (χ1) is 26.7. The molecule has 0 unspecified atom stereocenters. The highest BCUT2D eigenvalue weighted by Crippen LogP contribution is 2.43. The van der Waals surface area contributed by atoms with E-state index in [2.05, 4.69) is 182 Å². The minimum atomic E-state index is 0.729. The van der Waals surface area contributed by atoms with E-state index in [-0.39, 0.29) is 0 Å². The van der Waals surface area contributed by atoms with E-state index in [1.54, 1.807) is 0 Å². The Bertz CT molecular complexity index is 3230. The van der Waals surface area contributed by atoms with Gasteiger partial charge in [-0.25, -0.2) is 9.97 Å². The Morgan fingerprint density at radius 2 is 0.870 bits per heavy atom. The summed E-state index contributed by atoms with van der Waals surface area (Å²) in [5.74, 6) is 0.729. The normalized spacial score (nSPS) is 11.7. The van der Waals surface area contributed by atoms with Crippen molar-refractivity contribution in [1.29, 1.82) is 0 Å². The zero-order chi connectivity index (χ0) is 35.6. The molecular weight excluding hydrogens is 693 g/mol. The molecule has 0 saturated carbocycles. The van der Waals surface area contributed by atoms with E-state index in [0.717, 1.165) is 39.5 Å². The van der Waals surface area contributed by atoms with Crippen molar-refractivity contribution in [1.82, 2.24) is 9.97 Å². The first-order valence-electron chi connectivity index (χ1n) is 18.1. The van der Waals surface area contributed by atoms with E-state index in [1.165, 1.54) is 67.8 Å². The maximum absolute atomic E-state index is 5.43. The molecular formula is C50H30N2S2. The van der Waals surface area contributed by atoms with E-state index in [4.69, 9.17) is 9.97 Å². The summed E-state index contributed by atoms with van der Waals surface area (Å²) in [6.45, 7) is 0. The third-order valence-corrected chi connectivity index (χ3v) is 12.9. The van der Waals surface area contributed by atoms with E-state index in [9.17, 15) is 0 Å².